The first-order valence-electron chi connectivity index (χ1n) is 5.89. The highest BCUT2D eigenvalue weighted by molar-refractivity contribution is 5.80. The molecule has 1 heterocycles. The van der Waals surface area contributed by atoms with Crippen molar-refractivity contribution in [1.29, 1.82) is 0 Å². The number of ether oxygens (including phenoxy) is 1. The fourth-order valence-corrected chi connectivity index (χ4v) is 1.99. The molecule has 6 nitrogen and oxygen atoms in total. The molecule has 0 aromatic carbocycles. The fourth-order valence-electron chi connectivity index (χ4n) is 1.99. The van der Waals surface area contributed by atoms with Crippen molar-refractivity contribution in [3.05, 3.63) is 0 Å². The molecule has 0 radical (unpaired) electrons. The summed E-state index contributed by atoms with van der Waals surface area (Å²) in [5, 5.41) is 12.1. The van der Waals surface area contributed by atoms with E-state index in [0.29, 0.717) is 12.6 Å². The van der Waals surface area contributed by atoms with E-state index in [4.69, 9.17) is 9.84 Å². The lowest BCUT2D eigenvalue weighted by Crippen LogP contribution is -2.47. The Morgan fingerprint density at radius 3 is 2.71 bits per heavy atom. The predicted octanol–water partition coefficient (Wildman–Crippen LogP) is -0.704. The number of nitrogens with one attached hydrogen (secondary N) is 1. The van der Waals surface area contributed by atoms with E-state index in [9.17, 15) is 9.59 Å². The minimum atomic E-state index is -0.901. The van der Waals surface area contributed by atoms with Gasteiger partial charge in [0, 0.05) is 13.1 Å². The highest BCUT2D eigenvalue weighted by Crippen LogP contribution is 2.20. The van der Waals surface area contributed by atoms with Crippen LogP contribution in [0.15, 0.2) is 0 Å². The number of hydrogen-bond acceptors (Lipinski definition) is 4. The summed E-state index contributed by atoms with van der Waals surface area (Å²) in [5.74, 6) is -1.58. The Kier molecular flexibility index (Phi) is 3.63. The molecule has 2 unspecified atom stereocenters. The van der Waals surface area contributed by atoms with Crippen LogP contribution in [-0.2, 0) is 14.3 Å². The first-order chi connectivity index (χ1) is 8.09. The molecule has 0 bridgehead atoms. The molecule has 2 N–H and O–H groups in total. The Morgan fingerprint density at radius 2 is 2.12 bits per heavy atom. The molecule has 2 rings (SSSR count). The van der Waals surface area contributed by atoms with E-state index in [-0.39, 0.29) is 25.1 Å². The van der Waals surface area contributed by atoms with Gasteiger partial charge in [0.15, 0.2) is 0 Å². The number of aliphatic carboxylic acids is 1. The van der Waals surface area contributed by atoms with Crippen molar-refractivity contribution < 1.29 is 19.4 Å². The van der Waals surface area contributed by atoms with Crippen LogP contribution < -0.4 is 5.32 Å². The summed E-state index contributed by atoms with van der Waals surface area (Å²) in [6.07, 6.45) is 2.25. The van der Waals surface area contributed by atoms with Crippen LogP contribution in [0.4, 0.5) is 0 Å². The van der Waals surface area contributed by atoms with Crippen LogP contribution in [0.5, 0.6) is 0 Å². The normalized spacial score (nSPS) is 28.1. The molecule has 6 heteroatoms. The van der Waals surface area contributed by atoms with Gasteiger partial charge in [-0.1, -0.05) is 0 Å². The summed E-state index contributed by atoms with van der Waals surface area (Å²) in [5.41, 5.74) is 0. The average Bonchev–Trinajstić information content (AvgIpc) is 2.99. The average molecular weight is 242 g/mol. The summed E-state index contributed by atoms with van der Waals surface area (Å²) in [7, 11) is 1.65. The van der Waals surface area contributed by atoms with E-state index < -0.39 is 11.9 Å². The van der Waals surface area contributed by atoms with Crippen LogP contribution in [0.2, 0.25) is 0 Å². The molecule has 2 aliphatic rings. The highest BCUT2D eigenvalue weighted by Gasteiger charge is 2.38. The second kappa shape index (κ2) is 5.01. The second-order valence-electron chi connectivity index (χ2n) is 4.71. The Balaban J connectivity index is 1.86. The number of likely N-dealkylation sites (N-methyl/N-ethyl adjacent to an activating group) is 1. The smallest absolute Gasteiger partial charge is 0.311 e. The van der Waals surface area contributed by atoms with Crippen molar-refractivity contribution in [2.24, 2.45) is 5.92 Å². The molecule has 96 valence electrons. The third-order valence-corrected chi connectivity index (χ3v) is 3.38. The molecule has 2 atom stereocenters. The van der Waals surface area contributed by atoms with Crippen LogP contribution in [0, 0.1) is 5.92 Å². The Morgan fingerprint density at radius 1 is 1.41 bits per heavy atom. The molecule has 17 heavy (non-hydrogen) atoms. The predicted molar refractivity (Wildman–Crippen MR) is 59.5 cm³/mol. The van der Waals surface area contributed by atoms with Gasteiger partial charge < -0.3 is 20.1 Å². The van der Waals surface area contributed by atoms with Crippen LogP contribution in [0.3, 0.4) is 0 Å². The maximum Gasteiger partial charge on any atom is 0.311 e. The summed E-state index contributed by atoms with van der Waals surface area (Å²) in [6, 6.07) is 0.128. The zero-order valence-electron chi connectivity index (χ0n) is 9.89. The molecule has 1 saturated carbocycles. The maximum absolute atomic E-state index is 11.8. The number of carbonyl (C=O) groups is 2. The Labute approximate surface area is 99.9 Å². The van der Waals surface area contributed by atoms with Crippen molar-refractivity contribution in [3.63, 3.8) is 0 Å². The number of carboxylic acid groups (broad SMARTS) is 1. The van der Waals surface area contributed by atoms with E-state index in [0.717, 1.165) is 12.8 Å². The van der Waals surface area contributed by atoms with Gasteiger partial charge in [0.25, 0.3) is 0 Å². The van der Waals surface area contributed by atoms with Gasteiger partial charge in [-0.25, -0.2) is 0 Å². The first kappa shape index (κ1) is 12.3. The zero-order valence-corrected chi connectivity index (χ0v) is 9.89. The van der Waals surface area contributed by atoms with Crippen molar-refractivity contribution in [3.8, 4) is 0 Å². The van der Waals surface area contributed by atoms with E-state index in [1.165, 1.54) is 4.90 Å². The Bertz CT molecular complexity index is 317. The van der Waals surface area contributed by atoms with E-state index >= 15 is 0 Å². The van der Waals surface area contributed by atoms with Crippen LogP contribution in [0.1, 0.15) is 12.8 Å². The topological polar surface area (TPSA) is 78.9 Å². The van der Waals surface area contributed by atoms with Gasteiger partial charge >= 0.3 is 5.97 Å². The highest BCUT2D eigenvalue weighted by atomic mass is 16.5. The fraction of sp³-hybridized carbons (Fsp3) is 0.818. The number of carbonyl (C=O) groups excluding carboxylic acids is 1. The van der Waals surface area contributed by atoms with Gasteiger partial charge in [-0.2, -0.15) is 0 Å². The maximum atomic E-state index is 11.8. The quantitative estimate of drug-likeness (QED) is 0.666. The first-order valence-corrected chi connectivity index (χ1v) is 5.89. The zero-order chi connectivity index (χ0) is 12.4. The van der Waals surface area contributed by atoms with Gasteiger partial charge in [0.1, 0.15) is 5.92 Å². The number of amides is 1. The SMILES string of the molecule is CN(C(=O)CNC1CC1)C1COCC1C(=O)O. The number of nitrogens with zero attached hydrogens (tertiary/aromatic N) is 1. The van der Waals surface area contributed by atoms with Crippen molar-refractivity contribution in [2.45, 2.75) is 24.9 Å². The van der Waals surface area contributed by atoms with Gasteiger partial charge in [0.05, 0.1) is 25.8 Å². The van der Waals surface area contributed by atoms with Gasteiger partial charge in [-0.3, -0.25) is 9.59 Å². The largest absolute Gasteiger partial charge is 0.481 e. The van der Waals surface area contributed by atoms with Crippen LogP contribution in [-0.4, -0.2) is 60.8 Å². The van der Waals surface area contributed by atoms with Gasteiger partial charge in [-0.15, -0.1) is 0 Å². The van der Waals surface area contributed by atoms with E-state index in [1.807, 2.05) is 0 Å². The molecule has 0 aromatic heterocycles. The summed E-state index contributed by atoms with van der Waals surface area (Å²) in [6.45, 7) is 0.778. The molecule has 1 saturated heterocycles. The Hall–Kier alpha value is -1.14. The van der Waals surface area contributed by atoms with Crippen LogP contribution in [0.25, 0.3) is 0 Å². The lowest BCUT2D eigenvalue weighted by Gasteiger charge is -2.26. The standard InChI is InChI=1S/C11H18N2O4/c1-13(10(14)4-12-7-2-3-7)9-6-17-5-8(9)11(15)16/h7-9,12H,2-6H2,1H3,(H,15,16). The summed E-state index contributed by atoms with van der Waals surface area (Å²) >= 11 is 0. The monoisotopic (exact) mass is 242 g/mol. The van der Waals surface area contributed by atoms with Crippen molar-refractivity contribution >= 4 is 11.9 Å². The molecule has 0 aromatic rings. The third-order valence-electron chi connectivity index (χ3n) is 3.38. The van der Waals surface area contributed by atoms with Gasteiger partial charge in [0.2, 0.25) is 5.91 Å². The lowest BCUT2D eigenvalue weighted by molar-refractivity contribution is -0.144. The summed E-state index contributed by atoms with van der Waals surface area (Å²) in [4.78, 5) is 24.3. The minimum Gasteiger partial charge on any atom is -0.481 e. The van der Waals surface area contributed by atoms with Gasteiger partial charge in [-0.05, 0) is 12.8 Å². The third kappa shape index (κ3) is 2.95. The lowest BCUT2D eigenvalue weighted by atomic mass is 10.0. The number of carboxylic acids is 1. The van der Waals surface area contributed by atoms with Crippen molar-refractivity contribution in [2.75, 3.05) is 26.8 Å². The molecule has 1 aliphatic heterocycles. The molecule has 2 fully saturated rings. The van der Waals surface area contributed by atoms with Crippen LogP contribution >= 0.6 is 0 Å². The molecular formula is C11H18N2O4. The minimum absolute atomic E-state index is 0.0707. The number of rotatable bonds is 5. The molecule has 1 amide bonds. The van der Waals surface area contributed by atoms with Crippen molar-refractivity contribution in [1.82, 2.24) is 10.2 Å². The number of hydrogen-bond donors (Lipinski definition) is 2. The molecule has 0 spiro atoms. The van der Waals surface area contributed by atoms with E-state index in [2.05, 4.69) is 5.32 Å². The molecular weight excluding hydrogens is 224 g/mol. The molecule has 1 aliphatic carbocycles. The summed E-state index contributed by atoms with van der Waals surface area (Å²) < 4.78 is 5.15. The second-order valence-corrected chi connectivity index (χ2v) is 4.71. The van der Waals surface area contributed by atoms with E-state index in [1.54, 1.807) is 7.05 Å².